The van der Waals surface area contributed by atoms with Crippen LogP contribution in [0, 0.1) is 0 Å². The van der Waals surface area contributed by atoms with Crippen molar-refractivity contribution in [2.24, 2.45) is 0 Å². The van der Waals surface area contributed by atoms with E-state index in [0.29, 0.717) is 39.6 Å². The average molecular weight is 569 g/mol. The summed E-state index contributed by atoms with van der Waals surface area (Å²) in [6.45, 7) is 2.84. The lowest BCUT2D eigenvalue weighted by atomic mass is 10.2. The standard InChI is InChI=1S/C32H28N2O4S2/c1-5-13-27(23(9-1)31-33-25-11-3-7-15-29(25)39-31)37-21-19-35-17-18-36-20-22-38-28-14-6-2-10-24(28)32-34-26-12-4-8-16-30(26)40-32/h1-16H,17-22H2. The van der Waals surface area contributed by atoms with E-state index in [0.717, 1.165) is 43.7 Å². The minimum absolute atomic E-state index is 0.452. The summed E-state index contributed by atoms with van der Waals surface area (Å²) in [6.07, 6.45) is 0. The first-order valence-electron chi connectivity index (χ1n) is 13.2. The van der Waals surface area contributed by atoms with Crippen LogP contribution in [0.15, 0.2) is 97.1 Å². The normalized spacial score (nSPS) is 11.3. The number of rotatable bonds is 13. The van der Waals surface area contributed by atoms with Crippen molar-refractivity contribution in [2.75, 3.05) is 39.6 Å². The van der Waals surface area contributed by atoms with Crippen molar-refractivity contribution < 1.29 is 18.9 Å². The van der Waals surface area contributed by atoms with E-state index in [1.807, 2.05) is 84.9 Å². The first-order valence-corrected chi connectivity index (χ1v) is 14.8. The van der Waals surface area contributed by atoms with Crippen LogP contribution in [-0.2, 0) is 9.47 Å². The van der Waals surface area contributed by atoms with Gasteiger partial charge in [0, 0.05) is 0 Å². The van der Waals surface area contributed by atoms with E-state index >= 15 is 0 Å². The molecule has 0 spiro atoms. The Kier molecular flexibility index (Phi) is 8.60. The summed E-state index contributed by atoms with van der Waals surface area (Å²) in [4.78, 5) is 9.53. The van der Waals surface area contributed by atoms with Crippen LogP contribution in [0.2, 0.25) is 0 Å². The number of benzene rings is 4. The first kappa shape index (κ1) is 26.4. The quantitative estimate of drug-likeness (QED) is 0.133. The van der Waals surface area contributed by atoms with Gasteiger partial charge in [-0.2, -0.15) is 0 Å². The molecule has 0 fully saturated rings. The Labute approximate surface area is 240 Å². The molecule has 0 atom stereocenters. The summed E-state index contributed by atoms with van der Waals surface area (Å²) >= 11 is 3.34. The van der Waals surface area contributed by atoms with Gasteiger partial charge in [-0.1, -0.05) is 48.5 Å². The van der Waals surface area contributed by atoms with E-state index in [1.165, 1.54) is 9.40 Å². The molecule has 2 aromatic heterocycles. The van der Waals surface area contributed by atoms with Crippen molar-refractivity contribution in [1.29, 1.82) is 0 Å². The van der Waals surface area contributed by atoms with E-state index in [1.54, 1.807) is 22.7 Å². The molecular formula is C32H28N2O4S2. The molecule has 0 amide bonds. The molecule has 40 heavy (non-hydrogen) atoms. The Bertz CT molecular complexity index is 1510. The minimum Gasteiger partial charge on any atom is -0.490 e. The van der Waals surface area contributed by atoms with E-state index < -0.39 is 0 Å². The number of aromatic nitrogens is 2. The molecule has 202 valence electrons. The van der Waals surface area contributed by atoms with Crippen LogP contribution in [0.4, 0.5) is 0 Å². The first-order chi connectivity index (χ1) is 19.8. The maximum absolute atomic E-state index is 6.03. The monoisotopic (exact) mass is 568 g/mol. The van der Waals surface area contributed by atoms with Gasteiger partial charge in [0.05, 0.1) is 58.0 Å². The zero-order valence-corrected chi connectivity index (χ0v) is 23.5. The van der Waals surface area contributed by atoms with Gasteiger partial charge in [0.15, 0.2) is 0 Å². The second-order valence-electron chi connectivity index (χ2n) is 8.89. The third-order valence-corrected chi connectivity index (χ3v) is 8.30. The molecule has 0 N–H and O–H groups in total. The Morgan fingerprint density at radius 3 is 1.32 bits per heavy atom. The molecule has 0 saturated carbocycles. The highest BCUT2D eigenvalue weighted by atomic mass is 32.1. The maximum atomic E-state index is 6.03. The zero-order valence-electron chi connectivity index (χ0n) is 21.8. The van der Waals surface area contributed by atoms with Crippen LogP contribution in [0.5, 0.6) is 11.5 Å². The number of ether oxygens (including phenoxy) is 4. The van der Waals surface area contributed by atoms with Gasteiger partial charge in [-0.15, -0.1) is 22.7 Å². The molecule has 4 aromatic carbocycles. The van der Waals surface area contributed by atoms with Crippen LogP contribution in [0.1, 0.15) is 0 Å². The molecule has 0 unspecified atom stereocenters. The van der Waals surface area contributed by atoms with E-state index in [9.17, 15) is 0 Å². The summed E-state index contributed by atoms with van der Waals surface area (Å²) in [5.41, 5.74) is 4.00. The van der Waals surface area contributed by atoms with Crippen molar-refractivity contribution in [3.8, 4) is 32.6 Å². The van der Waals surface area contributed by atoms with Crippen molar-refractivity contribution in [3.05, 3.63) is 97.1 Å². The van der Waals surface area contributed by atoms with Crippen LogP contribution in [0.25, 0.3) is 41.6 Å². The highest BCUT2D eigenvalue weighted by Gasteiger charge is 2.12. The number of hydrogen-bond acceptors (Lipinski definition) is 8. The maximum Gasteiger partial charge on any atom is 0.129 e. The summed E-state index contributed by atoms with van der Waals surface area (Å²) in [7, 11) is 0. The third kappa shape index (κ3) is 6.32. The van der Waals surface area contributed by atoms with E-state index in [-0.39, 0.29) is 0 Å². The molecule has 0 aliphatic heterocycles. The van der Waals surface area contributed by atoms with E-state index in [4.69, 9.17) is 28.9 Å². The van der Waals surface area contributed by atoms with Gasteiger partial charge in [-0.05, 0) is 48.5 Å². The highest BCUT2D eigenvalue weighted by Crippen LogP contribution is 2.36. The molecule has 6 aromatic rings. The molecule has 6 rings (SSSR count). The lowest BCUT2D eigenvalue weighted by molar-refractivity contribution is 0.0274. The van der Waals surface area contributed by atoms with Crippen LogP contribution in [-0.4, -0.2) is 49.6 Å². The third-order valence-electron chi connectivity index (χ3n) is 6.17. The fourth-order valence-electron chi connectivity index (χ4n) is 4.26. The summed E-state index contributed by atoms with van der Waals surface area (Å²) < 4.78 is 25.8. The van der Waals surface area contributed by atoms with Crippen molar-refractivity contribution in [3.63, 3.8) is 0 Å². The fraction of sp³-hybridized carbons (Fsp3) is 0.188. The SMILES string of the molecule is c1ccc(-c2nc3ccccc3s2)c(OCCOCCOCCOc2ccccc2-c2nc3ccccc3s2)c1. The topological polar surface area (TPSA) is 62.7 Å². The predicted octanol–water partition coefficient (Wildman–Crippen LogP) is 7.73. The molecule has 0 aliphatic carbocycles. The average Bonchev–Trinajstić information content (AvgIpc) is 3.63. The number of hydrogen-bond donors (Lipinski definition) is 0. The molecule has 0 saturated heterocycles. The van der Waals surface area contributed by atoms with Gasteiger partial charge in [0.2, 0.25) is 0 Å². The Morgan fingerprint density at radius 2 is 0.850 bits per heavy atom. The number of nitrogens with zero attached hydrogens (tertiary/aromatic N) is 2. The van der Waals surface area contributed by atoms with Crippen molar-refractivity contribution in [2.45, 2.75) is 0 Å². The molecule has 6 nitrogen and oxygen atoms in total. The van der Waals surface area contributed by atoms with Gasteiger partial charge in [0.1, 0.15) is 34.7 Å². The molecule has 0 aliphatic rings. The van der Waals surface area contributed by atoms with Gasteiger partial charge < -0.3 is 18.9 Å². The molecule has 2 heterocycles. The summed E-state index contributed by atoms with van der Waals surface area (Å²) in [5.74, 6) is 1.62. The van der Waals surface area contributed by atoms with Gasteiger partial charge >= 0.3 is 0 Å². The number of thiazole rings is 2. The van der Waals surface area contributed by atoms with Crippen LogP contribution >= 0.6 is 22.7 Å². The smallest absolute Gasteiger partial charge is 0.129 e. The van der Waals surface area contributed by atoms with Gasteiger partial charge in [-0.25, -0.2) is 9.97 Å². The Morgan fingerprint density at radius 1 is 0.450 bits per heavy atom. The van der Waals surface area contributed by atoms with Gasteiger partial charge in [-0.3, -0.25) is 0 Å². The molecular weight excluding hydrogens is 540 g/mol. The second kappa shape index (κ2) is 13.0. The largest absolute Gasteiger partial charge is 0.490 e. The molecule has 0 bridgehead atoms. The lowest BCUT2D eigenvalue weighted by Gasteiger charge is -2.11. The second-order valence-corrected chi connectivity index (χ2v) is 10.9. The fourth-order valence-corrected chi connectivity index (χ4v) is 6.25. The van der Waals surface area contributed by atoms with Crippen LogP contribution in [0.3, 0.4) is 0 Å². The number of fused-ring (bicyclic) bond motifs is 2. The minimum atomic E-state index is 0.452. The van der Waals surface area contributed by atoms with E-state index in [2.05, 4.69) is 12.1 Å². The summed E-state index contributed by atoms with van der Waals surface area (Å²) in [5, 5.41) is 1.91. The van der Waals surface area contributed by atoms with Crippen molar-refractivity contribution in [1.82, 2.24) is 9.97 Å². The zero-order chi connectivity index (χ0) is 27.0. The van der Waals surface area contributed by atoms with Crippen LogP contribution < -0.4 is 9.47 Å². The lowest BCUT2D eigenvalue weighted by Crippen LogP contribution is -2.13. The molecule has 0 radical (unpaired) electrons. The summed E-state index contributed by atoms with van der Waals surface area (Å²) in [6, 6.07) is 32.3. The highest BCUT2D eigenvalue weighted by molar-refractivity contribution is 7.22. The Hall–Kier alpha value is -3.82. The Balaban J connectivity index is 0.903. The van der Waals surface area contributed by atoms with Gasteiger partial charge in [0.25, 0.3) is 0 Å². The van der Waals surface area contributed by atoms with Crippen molar-refractivity contribution >= 4 is 43.1 Å². The predicted molar refractivity (Wildman–Crippen MR) is 163 cm³/mol. The number of para-hydroxylation sites is 4. The molecule has 8 heteroatoms.